The molecule has 0 fully saturated rings. The third-order valence-electron chi connectivity index (χ3n) is 3.75. The number of aromatic nitrogens is 2. The second-order valence-electron chi connectivity index (χ2n) is 5.70. The average molecular weight is 441 g/mol. The molecule has 0 aliphatic heterocycles. The fraction of sp³-hybridized carbons (Fsp3) is 0.158. The number of benzene rings is 2. The summed E-state index contributed by atoms with van der Waals surface area (Å²) in [6.45, 7) is 0.550. The number of hydrogen-bond acceptors (Lipinski definition) is 4. The highest BCUT2D eigenvalue weighted by molar-refractivity contribution is 8.38. The van der Waals surface area contributed by atoms with Crippen molar-refractivity contribution in [2.45, 2.75) is 17.5 Å². The Balaban J connectivity index is 1.70. The molecule has 1 heterocycles. The summed E-state index contributed by atoms with van der Waals surface area (Å²) in [6, 6.07) is 11.4. The van der Waals surface area contributed by atoms with Gasteiger partial charge >= 0.3 is 0 Å². The molecule has 27 heavy (non-hydrogen) atoms. The zero-order valence-electron chi connectivity index (χ0n) is 14.0. The first kappa shape index (κ1) is 20.3. The van der Waals surface area contributed by atoms with Crippen LogP contribution in [0.2, 0.25) is 10.0 Å². The number of imidazole rings is 1. The third kappa shape index (κ3) is 6.01. The van der Waals surface area contributed by atoms with Gasteiger partial charge in [-0.1, -0.05) is 64.9 Å². The first-order valence-electron chi connectivity index (χ1n) is 8.00. The maximum atomic E-state index is 13.0. The molecule has 3 rings (SSSR count). The molecule has 0 N–H and O–H groups in total. The van der Waals surface area contributed by atoms with E-state index in [1.165, 1.54) is 35.7 Å². The van der Waals surface area contributed by atoms with Crippen LogP contribution in [0.25, 0.3) is 0 Å². The van der Waals surface area contributed by atoms with Crippen LogP contribution in [0.4, 0.5) is 9.18 Å². The molecule has 0 aliphatic carbocycles. The first-order chi connectivity index (χ1) is 13.0. The quantitative estimate of drug-likeness (QED) is 0.419. The Morgan fingerprint density at radius 1 is 1.19 bits per heavy atom. The van der Waals surface area contributed by atoms with E-state index in [2.05, 4.69) is 4.98 Å². The van der Waals surface area contributed by atoms with Crippen LogP contribution in [0.5, 0.6) is 0 Å². The van der Waals surface area contributed by atoms with E-state index in [0.29, 0.717) is 22.3 Å². The lowest BCUT2D eigenvalue weighted by Crippen LogP contribution is -2.07. The molecule has 8 heteroatoms. The molecule has 140 valence electrons. The van der Waals surface area contributed by atoms with Gasteiger partial charge in [-0.3, -0.25) is 4.79 Å². The third-order valence-corrected chi connectivity index (χ3v) is 6.55. The van der Waals surface area contributed by atoms with Crippen LogP contribution in [-0.2, 0) is 12.3 Å². The van der Waals surface area contributed by atoms with Crippen LogP contribution in [0.3, 0.4) is 0 Å². The normalized spacial score (nSPS) is 12.1. The number of hydrogen-bond donors (Lipinski definition) is 0. The molecule has 0 saturated carbocycles. The van der Waals surface area contributed by atoms with E-state index < -0.39 is 0 Å². The van der Waals surface area contributed by atoms with Gasteiger partial charge in [0.25, 0.3) is 0 Å². The highest BCUT2D eigenvalue weighted by Crippen LogP contribution is 2.39. The van der Waals surface area contributed by atoms with E-state index >= 15 is 0 Å². The predicted molar refractivity (Wildman–Crippen MR) is 112 cm³/mol. The SMILES string of the molecule is O=C(SCc1ccc(F)cc1)SC(Cn1ccnc1)c1ccc(Cl)cc1Cl. The average Bonchev–Trinajstić information content (AvgIpc) is 3.14. The maximum absolute atomic E-state index is 13.0. The van der Waals surface area contributed by atoms with Crippen LogP contribution >= 0.6 is 46.7 Å². The van der Waals surface area contributed by atoms with Gasteiger partial charge in [-0.15, -0.1) is 0 Å². The Hall–Kier alpha value is -1.47. The summed E-state index contributed by atoms with van der Waals surface area (Å²) in [5.74, 6) is 0.195. The van der Waals surface area contributed by atoms with Gasteiger partial charge < -0.3 is 4.57 Å². The lowest BCUT2D eigenvalue weighted by Gasteiger charge is -2.18. The fourth-order valence-corrected chi connectivity index (χ4v) is 5.11. The summed E-state index contributed by atoms with van der Waals surface area (Å²) in [5.41, 5.74) is 1.74. The molecule has 3 aromatic rings. The van der Waals surface area contributed by atoms with Gasteiger partial charge in [0.15, 0.2) is 0 Å². The van der Waals surface area contributed by atoms with Crippen molar-refractivity contribution < 1.29 is 9.18 Å². The van der Waals surface area contributed by atoms with E-state index in [0.717, 1.165) is 11.1 Å². The van der Waals surface area contributed by atoms with Crippen molar-refractivity contribution in [1.29, 1.82) is 0 Å². The van der Waals surface area contributed by atoms with Gasteiger partial charge in [-0.05, 0) is 35.4 Å². The second kappa shape index (κ2) is 9.64. The first-order valence-corrected chi connectivity index (χ1v) is 10.6. The molecule has 1 aromatic heterocycles. The van der Waals surface area contributed by atoms with Crippen molar-refractivity contribution in [3.63, 3.8) is 0 Å². The molecule has 1 atom stereocenters. The van der Waals surface area contributed by atoms with Crippen LogP contribution in [-0.4, -0.2) is 14.0 Å². The van der Waals surface area contributed by atoms with Crippen LogP contribution in [0.15, 0.2) is 61.2 Å². The molecular formula is C19H15Cl2FN2OS2. The van der Waals surface area contributed by atoms with Crippen LogP contribution in [0.1, 0.15) is 16.4 Å². The van der Waals surface area contributed by atoms with Crippen molar-refractivity contribution in [2.24, 2.45) is 0 Å². The number of thioether (sulfide) groups is 2. The summed E-state index contributed by atoms with van der Waals surface area (Å²) in [7, 11) is 0. The topological polar surface area (TPSA) is 34.9 Å². The molecular weight excluding hydrogens is 426 g/mol. The zero-order chi connectivity index (χ0) is 19.2. The molecule has 3 nitrogen and oxygen atoms in total. The van der Waals surface area contributed by atoms with E-state index in [1.54, 1.807) is 36.8 Å². The van der Waals surface area contributed by atoms with E-state index in [1.807, 2.05) is 16.8 Å². The number of halogens is 3. The minimum Gasteiger partial charge on any atom is -0.336 e. The largest absolute Gasteiger partial charge is 0.336 e. The van der Waals surface area contributed by atoms with Gasteiger partial charge in [0.1, 0.15) is 5.82 Å². The van der Waals surface area contributed by atoms with Crippen molar-refractivity contribution in [3.05, 3.63) is 88.2 Å². The Morgan fingerprint density at radius 2 is 1.96 bits per heavy atom. The summed E-state index contributed by atoms with van der Waals surface area (Å²) in [4.78, 5) is 16.6. The summed E-state index contributed by atoms with van der Waals surface area (Å²) < 4.78 is 14.9. The minimum absolute atomic E-state index is 0.0320. The Labute approximate surface area is 175 Å². The number of nitrogens with zero attached hydrogens (tertiary/aromatic N) is 2. The van der Waals surface area contributed by atoms with Crippen molar-refractivity contribution in [1.82, 2.24) is 9.55 Å². The van der Waals surface area contributed by atoms with E-state index in [9.17, 15) is 9.18 Å². The molecule has 0 aliphatic rings. The van der Waals surface area contributed by atoms with Gasteiger partial charge in [0, 0.05) is 34.7 Å². The Bertz CT molecular complexity index is 905. The molecule has 0 bridgehead atoms. The van der Waals surface area contributed by atoms with Gasteiger partial charge in [-0.25, -0.2) is 9.37 Å². The van der Waals surface area contributed by atoms with E-state index in [4.69, 9.17) is 23.2 Å². The monoisotopic (exact) mass is 440 g/mol. The highest BCUT2D eigenvalue weighted by atomic mass is 35.5. The molecule has 2 aromatic carbocycles. The standard InChI is InChI=1S/C19H15Cl2FN2OS2/c20-14-3-6-16(17(21)9-14)18(10-24-8-7-23-12-24)27-19(25)26-11-13-1-4-15(22)5-2-13/h1-9,12,18H,10-11H2. The van der Waals surface area contributed by atoms with Crippen molar-refractivity contribution in [3.8, 4) is 0 Å². The molecule has 0 amide bonds. The molecule has 0 spiro atoms. The molecule has 1 unspecified atom stereocenters. The lowest BCUT2D eigenvalue weighted by atomic mass is 10.1. The lowest BCUT2D eigenvalue weighted by molar-refractivity contribution is 0.276. The predicted octanol–water partition coefficient (Wildman–Crippen LogP) is 6.86. The van der Waals surface area contributed by atoms with Crippen molar-refractivity contribution >= 4 is 51.2 Å². The molecule has 0 saturated heterocycles. The zero-order valence-corrected chi connectivity index (χ0v) is 17.2. The Morgan fingerprint density at radius 3 is 2.63 bits per heavy atom. The van der Waals surface area contributed by atoms with Crippen LogP contribution < -0.4 is 0 Å². The second-order valence-corrected chi connectivity index (χ2v) is 8.92. The van der Waals surface area contributed by atoms with E-state index in [-0.39, 0.29) is 15.5 Å². The number of carbonyl (C=O) groups is 1. The van der Waals surface area contributed by atoms with Gasteiger partial charge in [-0.2, -0.15) is 0 Å². The van der Waals surface area contributed by atoms with Gasteiger partial charge in [0.05, 0.1) is 11.6 Å². The summed E-state index contributed by atoms with van der Waals surface area (Å²) in [5, 5.41) is 0.890. The highest BCUT2D eigenvalue weighted by Gasteiger charge is 2.21. The number of rotatable bonds is 6. The maximum Gasteiger partial charge on any atom is 0.247 e. The number of carbonyl (C=O) groups excluding carboxylic acids is 1. The molecule has 0 radical (unpaired) electrons. The minimum atomic E-state index is -0.290. The summed E-state index contributed by atoms with van der Waals surface area (Å²) in [6.07, 6.45) is 5.23. The van der Waals surface area contributed by atoms with Crippen molar-refractivity contribution in [2.75, 3.05) is 0 Å². The summed E-state index contributed by atoms with van der Waals surface area (Å²) >= 11 is 14.8. The smallest absolute Gasteiger partial charge is 0.247 e. The fourth-order valence-electron chi connectivity index (χ4n) is 2.42. The van der Waals surface area contributed by atoms with Gasteiger partial charge in [0.2, 0.25) is 4.45 Å². The Kier molecular flexibility index (Phi) is 7.24. The van der Waals surface area contributed by atoms with Crippen LogP contribution in [0, 0.1) is 5.82 Å².